The Morgan fingerprint density at radius 3 is 2.62 bits per heavy atom. The van der Waals surface area contributed by atoms with E-state index in [1.165, 1.54) is 0 Å². The molecule has 1 saturated heterocycles. The number of nitrogens with zero attached hydrogens (tertiary/aromatic N) is 1. The van der Waals surface area contributed by atoms with Gasteiger partial charge in [-0.1, -0.05) is 18.2 Å². The lowest BCUT2D eigenvalue weighted by Gasteiger charge is -2.45. The van der Waals surface area contributed by atoms with Crippen LogP contribution in [0.3, 0.4) is 0 Å². The lowest BCUT2D eigenvalue weighted by atomic mass is 9.88. The van der Waals surface area contributed by atoms with Gasteiger partial charge in [-0.25, -0.2) is 4.79 Å². The fourth-order valence-electron chi connectivity index (χ4n) is 2.54. The van der Waals surface area contributed by atoms with E-state index in [0.717, 1.165) is 5.56 Å². The Kier molecular flexibility index (Phi) is 4.63. The average molecular weight is 291 g/mol. The van der Waals surface area contributed by atoms with Crippen LogP contribution in [0.5, 0.6) is 0 Å². The van der Waals surface area contributed by atoms with E-state index in [1.54, 1.807) is 31.0 Å². The third-order valence-corrected chi connectivity index (χ3v) is 3.49. The van der Waals surface area contributed by atoms with E-state index in [1.807, 2.05) is 26.0 Å². The van der Waals surface area contributed by atoms with Gasteiger partial charge in [-0.15, -0.1) is 0 Å². The van der Waals surface area contributed by atoms with Gasteiger partial charge in [-0.3, -0.25) is 4.79 Å². The standard InChI is InChI=1S/C16H21NO4/c1-5-20-16(19)12-9-7-6-8-11(12)13-14(21-10(2)3)15(18)17(13)4/h6-10,13-14H,5H2,1-4H3. The van der Waals surface area contributed by atoms with Gasteiger partial charge in [0.05, 0.1) is 24.3 Å². The zero-order chi connectivity index (χ0) is 15.6. The molecule has 0 radical (unpaired) electrons. The van der Waals surface area contributed by atoms with E-state index < -0.39 is 6.10 Å². The topological polar surface area (TPSA) is 55.8 Å². The molecular formula is C16H21NO4. The van der Waals surface area contributed by atoms with Crippen molar-refractivity contribution in [3.63, 3.8) is 0 Å². The van der Waals surface area contributed by atoms with Crippen LogP contribution in [0.2, 0.25) is 0 Å². The summed E-state index contributed by atoms with van der Waals surface area (Å²) in [6.45, 7) is 5.86. The molecule has 0 spiro atoms. The highest BCUT2D eigenvalue weighted by atomic mass is 16.5. The summed E-state index contributed by atoms with van der Waals surface area (Å²) in [4.78, 5) is 25.6. The zero-order valence-electron chi connectivity index (χ0n) is 12.8. The molecule has 0 aliphatic carbocycles. The number of ether oxygens (including phenoxy) is 2. The number of carbonyl (C=O) groups excluding carboxylic acids is 2. The van der Waals surface area contributed by atoms with E-state index in [-0.39, 0.29) is 24.0 Å². The summed E-state index contributed by atoms with van der Waals surface area (Å²) in [5, 5.41) is 0. The van der Waals surface area contributed by atoms with Gasteiger partial charge in [0.1, 0.15) is 0 Å². The summed E-state index contributed by atoms with van der Waals surface area (Å²) < 4.78 is 10.8. The van der Waals surface area contributed by atoms with E-state index in [0.29, 0.717) is 12.2 Å². The Labute approximate surface area is 124 Å². The molecule has 0 saturated carbocycles. The molecule has 5 heteroatoms. The molecule has 2 atom stereocenters. The second-order valence-corrected chi connectivity index (χ2v) is 5.31. The van der Waals surface area contributed by atoms with Gasteiger partial charge in [0, 0.05) is 7.05 Å². The number of β-lactam (4-membered cyclic amide) rings is 1. The van der Waals surface area contributed by atoms with E-state index in [2.05, 4.69) is 0 Å². The molecule has 2 rings (SSSR count). The van der Waals surface area contributed by atoms with Crippen LogP contribution in [0.4, 0.5) is 0 Å². The van der Waals surface area contributed by atoms with Crippen molar-refractivity contribution in [2.45, 2.75) is 39.0 Å². The van der Waals surface area contributed by atoms with Gasteiger partial charge in [0.25, 0.3) is 5.91 Å². The molecule has 1 aromatic rings. The second-order valence-electron chi connectivity index (χ2n) is 5.31. The highest BCUT2D eigenvalue weighted by molar-refractivity contribution is 5.94. The fourth-order valence-corrected chi connectivity index (χ4v) is 2.54. The van der Waals surface area contributed by atoms with Crippen LogP contribution in [0.25, 0.3) is 0 Å². The molecule has 21 heavy (non-hydrogen) atoms. The summed E-state index contributed by atoms with van der Waals surface area (Å²) in [5.74, 6) is -0.434. The van der Waals surface area contributed by atoms with Crippen LogP contribution in [0.1, 0.15) is 42.7 Å². The summed E-state index contributed by atoms with van der Waals surface area (Å²) in [6.07, 6.45) is -0.588. The van der Waals surface area contributed by atoms with Crippen LogP contribution in [-0.4, -0.2) is 42.6 Å². The molecule has 0 bridgehead atoms. The predicted octanol–water partition coefficient (Wildman–Crippen LogP) is 2.17. The number of benzene rings is 1. The van der Waals surface area contributed by atoms with Crippen molar-refractivity contribution in [1.82, 2.24) is 4.90 Å². The maximum Gasteiger partial charge on any atom is 0.338 e. The fraction of sp³-hybridized carbons (Fsp3) is 0.500. The second kappa shape index (κ2) is 6.26. The minimum absolute atomic E-state index is 0.0510. The van der Waals surface area contributed by atoms with Crippen molar-refractivity contribution in [1.29, 1.82) is 0 Å². The minimum Gasteiger partial charge on any atom is -0.462 e. The van der Waals surface area contributed by atoms with E-state index >= 15 is 0 Å². The van der Waals surface area contributed by atoms with Crippen molar-refractivity contribution >= 4 is 11.9 Å². The minimum atomic E-state index is -0.537. The first-order chi connectivity index (χ1) is 9.97. The molecule has 1 aliphatic heterocycles. The number of amides is 1. The van der Waals surface area contributed by atoms with E-state index in [4.69, 9.17) is 9.47 Å². The van der Waals surface area contributed by atoms with Gasteiger partial charge < -0.3 is 14.4 Å². The molecule has 0 N–H and O–H groups in total. The van der Waals surface area contributed by atoms with Crippen LogP contribution in [0.15, 0.2) is 24.3 Å². The summed E-state index contributed by atoms with van der Waals surface area (Å²) >= 11 is 0. The third-order valence-electron chi connectivity index (χ3n) is 3.49. The number of hydrogen-bond acceptors (Lipinski definition) is 4. The number of carbonyl (C=O) groups is 2. The van der Waals surface area contributed by atoms with Crippen molar-refractivity contribution in [2.75, 3.05) is 13.7 Å². The summed E-state index contributed by atoms with van der Waals surface area (Å²) in [6, 6.07) is 6.95. The number of likely N-dealkylation sites (tertiary alicyclic amines) is 1. The highest BCUT2D eigenvalue weighted by Crippen LogP contribution is 2.37. The Morgan fingerprint density at radius 2 is 2.00 bits per heavy atom. The van der Waals surface area contributed by atoms with Crippen LogP contribution >= 0.6 is 0 Å². The lowest BCUT2D eigenvalue weighted by molar-refractivity contribution is -0.176. The van der Waals surface area contributed by atoms with Crippen molar-refractivity contribution < 1.29 is 19.1 Å². The SMILES string of the molecule is CCOC(=O)c1ccccc1C1C(OC(C)C)C(=O)N1C. The number of rotatable bonds is 5. The maximum absolute atomic E-state index is 12.1. The quantitative estimate of drug-likeness (QED) is 0.616. The van der Waals surface area contributed by atoms with Crippen molar-refractivity contribution in [2.24, 2.45) is 0 Å². The van der Waals surface area contributed by atoms with Crippen LogP contribution in [0, 0.1) is 0 Å². The van der Waals surface area contributed by atoms with Gasteiger partial charge >= 0.3 is 5.97 Å². The highest BCUT2D eigenvalue weighted by Gasteiger charge is 2.48. The normalized spacial score (nSPS) is 21.4. The molecule has 1 aliphatic rings. The number of likely N-dealkylation sites (N-methyl/N-ethyl adjacent to an activating group) is 1. The molecule has 1 amide bonds. The largest absolute Gasteiger partial charge is 0.462 e. The molecular weight excluding hydrogens is 270 g/mol. The first-order valence-corrected chi connectivity index (χ1v) is 7.15. The summed E-state index contributed by atoms with van der Waals surface area (Å²) in [5.41, 5.74) is 1.25. The molecule has 2 unspecified atom stereocenters. The Morgan fingerprint density at radius 1 is 1.33 bits per heavy atom. The van der Waals surface area contributed by atoms with Gasteiger partial charge in [0.2, 0.25) is 0 Å². The maximum atomic E-state index is 12.1. The molecule has 1 fully saturated rings. The van der Waals surface area contributed by atoms with Crippen LogP contribution in [-0.2, 0) is 14.3 Å². The summed E-state index contributed by atoms with van der Waals surface area (Å²) in [7, 11) is 1.72. The van der Waals surface area contributed by atoms with Crippen LogP contribution < -0.4 is 0 Å². The molecule has 5 nitrogen and oxygen atoms in total. The smallest absolute Gasteiger partial charge is 0.338 e. The monoisotopic (exact) mass is 291 g/mol. The predicted molar refractivity (Wildman–Crippen MR) is 77.9 cm³/mol. The first kappa shape index (κ1) is 15.5. The molecule has 0 aromatic heterocycles. The van der Waals surface area contributed by atoms with Gasteiger partial charge in [0.15, 0.2) is 6.10 Å². The van der Waals surface area contributed by atoms with Gasteiger partial charge in [-0.05, 0) is 32.4 Å². The molecule has 114 valence electrons. The Bertz CT molecular complexity index is 541. The lowest BCUT2D eigenvalue weighted by Crippen LogP contribution is -2.58. The third kappa shape index (κ3) is 2.93. The van der Waals surface area contributed by atoms with Crippen molar-refractivity contribution in [3.8, 4) is 0 Å². The van der Waals surface area contributed by atoms with Gasteiger partial charge in [-0.2, -0.15) is 0 Å². The Balaban J connectivity index is 2.32. The number of esters is 1. The van der Waals surface area contributed by atoms with E-state index in [9.17, 15) is 9.59 Å². The average Bonchev–Trinajstić information content (AvgIpc) is 2.46. The molecule has 1 aromatic carbocycles. The molecule has 1 heterocycles. The number of hydrogen-bond donors (Lipinski definition) is 0. The Hall–Kier alpha value is -1.88. The zero-order valence-corrected chi connectivity index (χ0v) is 12.8. The first-order valence-electron chi connectivity index (χ1n) is 7.15. The van der Waals surface area contributed by atoms with Crippen molar-refractivity contribution in [3.05, 3.63) is 35.4 Å².